The molecule has 0 atom stereocenters. The van der Waals surface area contributed by atoms with E-state index in [0.717, 1.165) is 4.88 Å². The van der Waals surface area contributed by atoms with E-state index in [9.17, 15) is 14.0 Å². The molecule has 2 heterocycles. The van der Waals surface area contributed by atoms with Crippen molar-refractivity contribution in [1.29, 1.82) is 0 Å². The molecule has 0 spiro atoms. The molecule has 0 unspecified atom stereocenters. The first-order valence-electron chi connectivity index (χ1n) is 7.79. The molecule has 0 radical (unpaired) electrons. The molecule has 2 aromatic heterocycles. The van der Waals surface area contributed by atoms with Gasteiger partial charge in [-0.15, -0.1) is 11.3 Å². The number of hydrogen-bond acceptors (Lipinski definition) is 6. The van der Waals surface area contributed by atoms with Gasteiger partial charge in [0.15, 0.2) is 0 Å². The highest BCUT2D eigenvalue weighted by Gasteiger charge is 2.16. The third kappa shape index (κ3) is 4.73. The van der Waals surface area contributed by atoms with Crippen molar-refractivity contribution in [1.82, 2.24) is 20.8 Å². The second-order valence-electron chi connectivity index (χ2n) is 5.31. The summed E-state index contributed by atoms with van der Waals surface area (Å²) in [7, 11) is 0. The van der Waals surface area contributed by atoms with Gasteiger partial charge in [0.25, 0.3) is 0 Å². The Morgan fingerprint density at radius 3 is 2.62 bits per heavy atom. The van der Waals surface area contributed by atoms with Crippen LogP contribution in [0.15, 0.2) is 46.3 Å². The van der Waals surface area contributed by atoms with Crippen molar-refractivity contribution in [3.8, 4) is 10.7 Å². The van der Waals surface area contributed by atoms with Gasteiger partial charge in [-0.05, 0) is 29.1 Å². The fourth-order valence-electron chi connectivity index (χ4n) is 2.13. The molecule has 0 aliphatic carbocycles. The zero-order valence-corrected chi connectivity index (χ0v) is 14.4. The number of carbonyl (C=O) groups is 2. The molecular formula is C17H15FN4O3S. The van der Waals surface area contributed by atoms with Crippen LogP contribution in [-0.2, 0) is 11.2 Å². The van der Waals surface area contributed by atoms with E-state index < -0.39 is 5.91 Å². The second-order valence-corrected chi connectivity index (χ2v) is 6.26. The largest absolute Gasteiger partial charge is 0.354 e. The summed E-state index contributed by atoms with van der Waals surface area (Å²) in [5, 5.41) is 10.9. The van der Waals surface area contributed by atoms with Gasteiger partial charge in [0.2, 0.25) is 11.7 Å². The van der Waals surface area contributed by atoms with Crippen molar-refractivity contribution in [3.63, 3.8) is 0 Å². The molecule has 7 nitrogen and oxygen atoms in total. The van der Waals surface area contributed by atoms with Crippen molar-refractivity contribution in [2.45, 2.75) is 6.42 Å². The van der Waals surface area contributed by atoms with E-state index in [1.807, 2.05) is 17.5 Å². The zero-order valence-electron chi connectivity index (χ0n) is 13.6. The van der Waals surface area contributed by atoms with Crippen LogP contribution in [0.1, 0.15) is 16.2 Å². The maximum Gasteiger partial charge on any atom is 0.316 e. The number of halogens is 1. The van der Waals surface area contributed by atoms with Crippen LogP contribution in [0.5, 0.6) is 0 Å². The summed E-state index contributed by atoms with van der Waals surface area (Å²) < 4.78 is 17.7. The highest BCUT2D eigenvalue weighted by Crippen LogP contribution is 2.21. The average molecular weight is 374 g/mol. The van der Waals surface area contributed by atoms with Crippen LogP contribution in [0.4, 0.5) is 4.39 Å². The Labute approximate surface area is 152 Å². The number of aromatic nitrogens is 2. The summed E-state index contributed by atoms with van der Waals surface area (Å²) in [4.78, 5) is 28.6. The molecule has 0 aliphatic heterocycles. The Balaban J connectivity index is 1.40. The Hall–Kier alpha value is -3.07. The minimum Gasteiger partial charge on any atom is -0.354 e. The predicted octanol–water partition coefficient (Wildman–Crippen LogP) is 2.03. The fraction of sp³-hybridized carbons (Fsp3) is 0.176. The number of carbonyl (C=O) groups excluding carboxylic acids is 2. The van der Waals surface area contributed by atoms with Crippen LogP contribution in [0.25, 0.3) is 10.7 Å². The molecule has 0 bridgehead atoms. The Morgan fingerprint density at radius 1 is 1.12 bits per heavy atom. The minimum absolute atomic E-state index is 0.133. The van der Waals surface area contributed by atoms with Gasteiger partial charge in [0, 0.05) is 13.1 Å². The molecule has 0 aliphatic rings. The van der Waals surface area contributed by atoms with Crippen LogP contribution >= 0.6 is 11.3 Å². The quantitative estimate of drug-likeness (QED) is 0.617. The summed E-state index contributed by atoms with van der Waals surface area (Å²) in [6.45, 7) is 0.461. The van der Waals surface area contributed by atoms with E-state index in [0.29, 0.717) is 11.4 Å². The normalized spacial score (nSPS) is 10.5. The highest BCUT2D eigenvalue weighted by atomic mass is 32.1. The number of benzene rings is 1. The maximum atomic E-state index is 12.8. The Morgan fingerprint density at radius 2 is 1.88 bits per heavy atom. The van der Waals surface area contributed by atoms with E-state index in [4.69, 9.17) is 4.52 Å². The maximum absolute atomic E-state index is 12.8. The molecule has 0 saturated heterocycles. The van der Waals surface area contributed by atoms with Gasteiger partial charge in [0.1, 0.15) is 5.82 Å². The first-order chi connectivity index (χ1) is 12.6. The zero-order chi connectivity index (χ0) is 18.4. The molecule has 0 saturated carbocycles. The molecule has 3 aromatic rings. The van der Waals surface area contributed by atoms with Crippen LogP contribution in [0.3, 0.4) is 0 Å². The fourth-order valence-corrected chi connectivity index (χ4v) is 2.77. The first-order valence-corrected chi connectivity index (χ1v) is 8.67. The summed E-state index contributed by atoms with van der Waals surface area (Å²) in [5.41, 5.74) is 0.708. The van der Waals surface area contributed by atoms with Gasteiger partial charge in [-0.25, -0.2) is 4.39 Å². The number of nitrogens with one attached hydrogen (secondary N) is 2. The average Bonchev–Trinajstić information content (AvgIpc) is 3.31. The molecule has 0 fully saturated rings. The van der Waals surface area contributed by atoms with Crippen molar-refractivity contribution >= 4 is 23.2 Å². The van der Waals surface area contributed by atoms with E-state index in [-0.39, 0.29) is 37.1 Å². The van der Waals surface area contributed by atoms with E-state index in [2.05, 4.69) is 20.8 Å². The monoisotopic (exact) mass is 374 g/mol. The van der Waals surface area contributed by atoms with Gasteiger partial charge >= 0.3 is 11.8 Å². The molecule has 3 rings (SSSR count). The molecule has 2 N–H and O–H groups in total. The van der Waals surface area contributed by atoms with Crippen molar-refractivity contribution < 1.29 is 18.5 Å². The summed E-state index contributed by atoms with van der Waals surface area (Å²) >= 11 is 1.44. The molecular weight excluding hydrogens is 359 g/mol. The topological polar surface area (TPSA) is 97.1 Å². The smallest absolute Gasteiger partial charge is 0.316 e. The van der Waals surface area contributed by atoms with E-state index in [1.54, 1.807) is 12.1 Å². The number of amides is 2. The predicted molar refractivity (Wildman–Crippen MR) is 93.1 cm³/mol. The number of thiophene rings is 1. The van der Waals surface area contributed by atoms with Gasteiger partial charge in [0.05, 0.1) is 11.3 Å². The van der Waals surface area contributed by atoms with E-state index >= 15 is 0 Å². The standard InChI is InChI=1S/C17H15FN4O3S/c18-12-5-3-11(4-6-12)10-14(23)19-7-8-20-16(24)17-21-15(22-25-17)13-2-1-9-26-13/h1-6,9H,7-8,10H2,(H,19,23)(H,20,24). The molecule has 134 valence electrons. The van der Waals surface area contributed by atoms with Crippen LogP contribution in [0.2, 0.25) is 0 Å². The van der Waals surface area contributed by atoms with E-state index in [1.165, 1.54) is 23.5 Å². The van der Waals surface area contributed by atoms with Crippen LogP contribution in [-0.4, -0.2) is 35.0 Å². The lowest BCUT2D eigenvalue weighted by Crippen LogP contribution is -2.35. The summed E-state index contributed by atoms with van der Waals surface area (Å²) in [5.74, 6) is -0.847. The minimum atomic E-state index is -0.506. The second kappa shape index (κ2) is 8.34. The van der Waals surface area contributed by atoms with Crippen molar-refractivity contribution in [2.75, 3.05) is 13.1 Å². The number of hydrogen-bond donors (Lipinski definition) is 2. The van der Waals surface area contributed by atoms with Crippen molar-refractivity contribution in [2.24, 2.45) is 0 Å². The molecule has 2 amide bonds. The van der Waals surface area contributed by atoms with Gasteiger partial charge in [-0.1, -0.05) is 23.4 Å². The SMILES string of the molecule is O=C(Cc1ccc(F)cc1)NCCNC(=O)c1nc(-c2cccs2)no1. The Bertz CT molecular complexity index is 878. The third-order valence-electron chi connectivity index (χ3n) is 3.37. The van der Waals surface area contributed by atoms with Gasteiger partial charge in [-0.2, -0.15) is 4.98 Å². The lowest BCUT2D eigenvalue weighted by Gasteiger charge is -2.06. The Kier molecular flexibility index (Phi) is 5.69. The first kappa shape index (κ1) is 17.7. The molecule has 1 aromatic carbocycles. The summed E-state index contributed by atoms with van der Waals surface area (Å²) in [6.07, 6.45) is 0.141. The van der Waals surface area contributed by atoms with Crippen LogP contribution < -0.4 is 10.6 Å². The summed E-state index contributed by atoms with van der Waals surface area (Å²) in [6, 6.07) is 9.39. The lowest BCUT2D eigenvalue weighted by atomic mass is 10.1. The lowest BCUT2D eigenvalue weighted by molar-refractivity contribution is -0.120. The van der Waals surface area contributed by atoms with Crippen molar-refractivity contribution in [3.05, 3.63) is 59.0 Å². The van der Waals surface area contributed by atoms with Crippen LogP contribution in [0, 0.1) is 5.82 Å². The molecule has 26 heavy (non-hydrogen) atoms. The number of rotatable bonds is 7. The third-order valence-corrected chi connectivity index (χ3v) is 4.24. The van der Waals surface area contributed by atoms with Gasteiger partial charge < -0.3 is 15.2 Å². The van der Waals surface area contributed by atoms with Gasteiger partial charge in [-0.3, -0.25) is 9.59 Å². The number of nitrogens with zero attached hydrogens (tertiary/aromatic N) is 2. The molecule has 9 heteroatoms. The highest BCUT2D eigenvalue weighted by molar-refractivity contribution is 7.13.